The molecule has 2 aliphatic rings. The SMILES string of the molecule is NNCN1CCCC/C1=C/C1CCCCC1. The lowest BCUT2D eigenvalue weighted by molar-refractivity contribution is 0.265. The highest BCUT2D eigenvalue weighted by molar-refractivity contribution is 5.06. The number of nitrogens with one attached hydrogen (secondary N) is 1. The molecule has 16 heavy (non-hydrogen) atoms. The molecule has 0 atom stereocenters. The second-order valence-corrected chi connectivity index (χ2v) is 5.14. The molecule has 3 nitrogen and oxygen atoms in total. The summed E-state index contributed by atoms with van der Waals surface area (Å²) in [5, 5.41) is 0. The molecule has 2 fully saturated rings. The van der Waals surface area contributed by atoms with Gasteiger partial charge in [-0.15, -0.1) is 0 Å². The lowest BCUT2D eigenvalue weighted by Crippen LogP contribution is -2.39. The third-order valence-electron chi connectivity index (χ3n) is 3.88. The molecule has 1 saturated carbocycles. The Bertz CT molecular complexity index is 229. The Morgan fingerprint density at radius 3 is 2.75 bits per heavy atom. The highest BCUT2D eigenvalue weighted by atomic mass is 15.3. The van der Waals surface area contributed by atoms with Crippen molar-refractivity contribution in [1.29, 1.82) is 0 Å². The Morgan fingerprint density at radius 1 is 1.19 bits per heavy atom. The number of allylic oxidation sites excluding steroid dienone is 2. The third kappa shape index (κ3) is 3.22. The van der Waals surface area contributed by atoms with Crippen molar-refractivity contribution in [3.8, 4) is 0 Å². The summed E-state index contributed by atoms with van der Waals surface area (Å²) in [6.45, 7) is 1.97. The average molecular weight is 223 g/mol. The molecule has 0 radical (unpaired) electrons. The summed E-state index contributed by atoms with van der Waals surface area (Å²) in [5.74, 6) is 6.27. The van der Waals surface area contributed by atoms with Crippen LogP contribution in [0.1, 0.15) is 51.4 Å². The van der Waals surface area contributed by atoms with Crippen molar-refractivity contribution < 1.29 is 0 Å². The van der Waals surface area contributed by atoms with Crippen LogP contribution in [0.25, 0.3) is 0 Å². The van der Waals surface area contributed by atoms with E-state index in [2.05, 4.69) is 16.4 Å². The van der Waals surface area contributed by atoms with Crippen LogP contribution < -0.4 is 11.3 Å². The molecule has 0 spiro atoms. The van der Waals surface area contributed by atoms with Gasteiger partial charge in [0.2, 0.25) is 0 Å². The summed E-state index contributed by atoms with van der Waals surface area (Å²) >= 11 is 0. The van der Waals surface area contributed by atoms with Gasteiger partial charge < -0.3 is 4.90 Å². The second-order valence-electron chi connectivity index (χ2n) is 5.14. The van der Waals surface area contributed by atoms with Gasteiger partial charge in [-0.25, -0.2) is 5.43 Å². The minimum atomic E-state index is 0.804. The van der Waals surface area contributed by atoms with Gasteiger partial charge in [0.05, 0.1) is 6.67 Å². The van der Waals surface area contributed by atoms with Gasteiger partial charge in [-0.3, -0.25) is 5.84 Å². The molecule has 0 aromatic heterocycles. The van der Waals surface area contributed by atoms with E-state index in [1.54, 1.807) is 0 Å². The van der Waals surface area contributed by atoms with E-state index >= 15 is 0 Å². The smallest absolute Gasteiger partial charge is 0.0805 e. The number of hydrazine groups is 1. The zero-order chi connectivity index (χ0) is 11.2. The van der Waals surface area contributed by atoms with Crippen molar-refractivity contribution in [2.75, 3.05) is 13.2 Å². The minimum Gasteiger partial charge on any atom is -0.361 e. The maximum absolute atomic E-state index is 5.44. The summed E-state index contributed by atoms with van der Waals surface area (Å²) in [6.07, 6.45) is 13.5. The predicted molar refractivity (Wildman–Crippen MR) is 67.4 cm³/mol. The van der Waals surface area contributed by atoms with E-state index in [-0.39, 0.29) is 0 Å². The van der Waals surface area contributed by atoms with Crippen LogP contribution in [0.15, 0.2) is 11.8 Å². The van der Waals surface area contributed by atoms with E-state index in [0.717, 1.165) is 12.6 Å². The van der Waals surface area contributed by atoms with Crippen molar-refractivity contribution in [2.24, 2.45) is 11.8 Å². The number of rotatable bonds is 3. The van der Waals surface area contributed by atoms with Crippen molar-refractivity contribution in [3.05, 3.63) is 11.8 Å². The molecule has 0 bridgehead atoms. The molecule has 1 heterocycles. The molecule has 1 saturated heterocycles. The van der Waals surface area contributed by atoms with Gasteiger partial charge in [0.25, 0.3) is 0 Å². The van der Waals surface area contributed by atoms with Gasteiger partial charge in [-0.1, -0.05) is 25.3 Å². The first-order chi connectivity index (χ1) is 7.90. The van der Waals surface area contributed by atoms with Gasteiger partial charge >= 0.3 is 0 Å². The van der Waals surface area contributed by atoms with E-state index in [1.807, 2.05) is 0 Å². The summed E-state index contributed by atoms with van der Waals surface area (Å²) in [4.78, 5) is 2.41. The molecule has 0 unspecified atom stereocenters. The van der Waals surface area contributed by atoms with Gasteiger partial charge in [-0.05, 0) is 38.0 Å². The van der Waals surface area contributed by atoms with E-state index < -0.39 is 0 Å². The number of likely N-dealkylation sites (tertiary alicyclic amines) is 1. The standard InChI is InChI=1S/C13H25N3/c14-15-11-16-9-5-4-8-13(16)10-12-6-2-1-3-7-12/h10,12,15H,1-9,11,14H2/b13-10-. The van der Waals surface area contributed by atoms with Gasteiger partial charge in [0.15, 0.2) is 0 Å². The van der Waals surface area contributed by atoms with Crippen molar-refractivity contribution in [1.82, 2.24) is 10.3 Å². The van der Waals surface area contributed by atoms with E-state index in [4.69, 9.17) is 5.84 Å². The fourth-order valence-corrected chi connectivity index (χ4v) is 2.96. The van der Waals surface area contributed by atoms with E-state index in [1.165, 1.54) is 63.6 Å². The number of nitrogens with two attached hydrogens (primary N) is 1. The molecule has 0 aromatic carbocycles. The Kier molecular flexibility index (Phi) is 4.67. The first kappa shape index (κ1) is 11.9. The molecule has 0 amide bonds. The molecule has 3 heteroatoms. The molecule has 3 N–H and O–H groups in total. The van der Waals surface area contributed by atoms with Crippen molar-refractivity contribution >= 4 is 0 Å². The zero-order valence-corrected chi connectivity index (χ0v) is 10.3. The summed E-state index contributed by atoms with van der Waals surface area (Å²) in [7, 11) is 0. The van der Waals surface area contributed by atoms with Crippen LogP contribution >= 0.6 is 0 Å². The summed E-state index contributed by atoms with van der Waals surface area (Å²) < 4.78 is 0. The maximum atomic E-state index is 5.44. The van der Waals surface area contributed by atoms with Crippen LogP contribution in [-0.2, 0) is 0 Å². The van der Waals surface area contributed by atoms with Gasteiger partial charge in [0, 0.05) is 12.2 Å². The molecule has 1 aliphatic carbocycles. The largest absolute Gasteiger partial charge is 0.361 e. The molecule has 2 rings (SSSR count). The number of hydrogen-bond donors (Lipinski definition) is 2. The van der Waals surface area contributed by atoms with Crippen LogP contribution in [0.3, 0.4) is 0 Å². The monoisotopic (exact) mass is 223 g/mol. The second kappa shape index (κ2) is 6.26. The van der Waals surface area contributed by atoms with E-state index in [9.17, 15) is 0 Å². The predicted octanol–water partition coefficient (Wildman–Crippen LogP) is 2.36. The highest BCUT2D eigenvalue weighted by Crippen LogP contribution is 2.28. The number of piperidine rings is 1. The van der Waals surface area contributed by atoms with Gasteiger partial charge in [-0.2, -0.15) is 0 Å². The fourth-order valence-electron chi connectivity index (χ4n) is 2.96. The minimum absolute atomic E-state index is 0.804. The Labute approximate surface area is 99.0 Å². The van der Waals surface area contributed by atoms with Crippen LogP contribution in [0.4, 0.5) is 0 Å². The third-order valence-corrected chi connectivity index (χ3v) is 3.88. The van der Waals surface area contributed by atoms with Crippen LogP contribution in [0.5, 0.6) is 0 Å². The Balaban J connectivity index is 1.94. The quantitative estimate of drug-likeness (QED) is 0.570. The highest BCUT2D eigenvalue weighted by Gasteiger charge is 2.17. The molecular formula is C13H25N3. The van der Waals surface area contributed by atoms with Gasteiger partial charge in [0.1, 0.15) is 0 Å². The van der Waals surface area contributed by atoms with Crippen LogP contribution in [0, 0.1) is 5.92 Å². The average Bonchev–Trinajstić information content (AvgIpc) is 2.33. The number of hydrogen-bond acceptors (Lipinski definition) is 3. The topological polar surface area (TPSA) is 41.3 Å². The van der Waals surface area contributed by atoms with Crippen LogP contribution in [0.2, 0.25) is 0 Å². The molecule has 0 aromatic rings. The lowest BCUT2D eigenvalue weighted by atomic mass is 9.87. The lowest BCUT2D eigenvalue weighted by Gasteiger charge is -2.33. The zero-order valence-electron chi connectivity index (χ0n) is 10.3. The number of nitrogens with zero attached hydrogens (tertiary/aromatic N) is 1. The van der Waals surface area contributed by atoms with E-state index in [0.29, 0.717) is 0 Å². The normalized spacial score (nSPS) is 26.3. The summed E-state index contributed by atoms with van der Waals surface area (Å²) in [5.41, 5.74) is 4.33. The van der Waals surface area contributed by atoms with Crippen molar-refractivity contribution in [3.63, 3.8) is 0 Å². The molecular weight excluding hydrogens is 198 g/mol. The Morgan fingerprint density at radius 2 is 2.00 bits per heavy atom. The fraction of sp³-hybridized carbons (Fsp3) is 0.846. The van der Waals surface area contributed by atoms with Crippen molar-refractivity contribution in [2.45, 2.75) is 51.4 Å². The Hall–Kier alpha value is -0.540. The first-order valence-corrected chi connectivity index (χ1v) is 6.79. The maximum Gasteiger partial charge on any atom is 0.0805 e. The molecule has 92 valence electrons. The molecule has 1 aliphatic heterocycles. The summed E-state index contributed by atoms with van der Waals surface area (Å²) in [6, 6.07) is 0. The first-order valence-electron chi connectivity index (χ1n) is 6.79. The van der Waals surface area contributed by atoms with Crippen LogP contribution in [-0.4, -0.2) is 18.1 Å².